The zero-order valence-electron chi connectivity index (χ0n) is 14.7. The van der Waals surface area contributed by atoms with Crippen molar-refractivity contribution in [3.63, 3.8) is 0 Å². The Morgan fingerprint density at radius 1 is 1.15 bits per heavy atom. The number of halogens is 2. The normalized spacial score (nSPS) is 13.0. The highest BCUT2D eigenvalue weighted by Crippen LogP contribution is 2.18. The molecule has 2 N–H and O–H groups in total. The summed E-state index contributed by atoms with van der Waals surface area (Å²) in [7, 11) is 0. The first-order valence-electron chi connectivity index (χ1n) is 8.24. The average molecular weight is 372 g/mol. The van der Waals surface area contributed by atoms with Crippen molar-refractivity contribution >= 4 is 17.7 Å². The summed E-state index contributed by atoms with van der Waals surface area (Å²) in [5.74, 6) is -5.19. The molecule has 0 amide bonds. The molecule has 1 unspecified atom stereocenters. The number of hydrogen-bond donors (Lipinski definition) is 1. The minimum atomic E-state index is -2.19. The van der Waals surface area contributed by atoms with Gasteiger partial charge in [0.05, 0.1) is 18.8 Å². The van der Waals surface area contributed by atoms with Gasteiger partial charge < -0.3 is 15.2 Å². The van der Waals surface area contributed by atoms with Gasteiger partial charge in [-0.05, 0) is 31.9 Å². The molecule has 0 radical (unpaired) electrons. The quantitative estimate of drug-likeness (QED) is 0.220. The fourth-order valence-electron chi connectivity index (χ4n) is 2.05. The van der Waals surface area contributed by atoms with E-state index in [2.05, 4.69) is 4.98 Å². The summed E-state index contributed by atoms with van der Waals surface area (Å²) in [6, 6.07) is 1.76. The van der Waals surface area contributed by atoms with Gasteiger partial charge in [0.25, 0.3) is 0 Å². The molecule has 0 aliphatic rings. The third kappa shape index (κ3) is 5.55. The number of ketones is 1. The van der Waals surface area contributed by atoms with E-state index in [1.807, 2.05) is 6.92 Å². The molecule has 0 aliphatic heterocycles. The van der Waals surface area contributed by atoms with E-state index in [0.717, 1.165) is 18.6 Å². The third-order valence-electron chi connectivity index (χ3n) is 3.60. The molecule has 7 nitrogen and oxygen atoms in total. The summed E-state index contributed by atoms with van der Waals surface area (Å²) in [4.78, 5) is 39.4. The van der Waals surface area contributed by atoms with Gasteiger partial charge in [-0.3, -0.25) is 4.79 Å². The summed E-state index contributed by atoms with van der Waals surface area (Å²) in [6.07, 6.45) is 0.435. The molecule has 0 aliphatic carbocycles. The minimum Gasteiger partial charge on any atom is -0.464 e. The van der Waals surface area contributed by atoms with E-state index in [4.69, 9.17) is 15.2 Å². The average Bonchev–Trinajstić information content (AvgIpc) is 2.59. The van der Waals surface area contributed by atoms with Gasteiger partial charge >= 0.3 is 11.9 Å². The van der Waals surface area contributed by atoms with E-state index < -0.39 is 53.6 Å². The smallest absolute Gasteiger partial charge is 0.337 e. The first-order chi connectivity index (χ1) is 12.3. The van der Waals surface area contributed by atoms with Gasteiger partial charge in [-0.1, -0.05) is 13.3 Å². The van der Waals surface area contributed by atoms with Gasteiger partial charge in [0.2, 0.25) is 17.4 Å². The standard InChI is InChI=1S/C17H22F2N2O5/c1-3-5-10-26-16(24)17(20,15(23)25-4-2)9-8-12(22)11-6-7-13(18)21-14(11)19/h6-7H,3-5,8-10,20H2,1-2H3. The van der Waals surface area contributed by atoms with E-state index in [-0.39, 0.29) is 13.2 Å². The van der Waals surface area contributed by atoms with E-state index in [0.29, 0.717) is 6.42 Å². The van der Waals surface area contributed by atoms with Crippen molar-refractivity contribution in [1.82, 2.24) is 4.98 Å². The predicted molar refractivity (Wildman–Crippen MR) is 87.1 cm³/mol. The van der Waals surface area contributed by atoms with Crippen LogP contribution in [-0.4, -0.2) is 41.5 Å². The molecule has 144 valence electrons. The Balaban J connectivity index is 2.89. The Hall–Kier alpha value is -2.42. The number of nitrogens with zero attached hydrogens (tertiary/aromatic N) is 1. The second-order valence-electron chi connectivity index (χ2n) is 5.58. The number of carbonyl (C=O) groups excluding carboxylic acids is 3. The highest BCUT2D eigenvalue weighted by atomic mass is 19.1. The van der Waals surface area contributed by atoms with Gasteiger partial charge in [-0.2, -0.15) is 13.8 Å². The number of hydrogen-bond acceptors (Lipinski definition) is 7. The van der Waals surface area contributed by atoms with Crippen LogP contribution < -0.4 is 5.73 Å². The maximum Gasteiger partial charge on any atom is 0.337 e. The van der Waals surface area contributed by atoms with Crippen LogP contribution in [-0.2, 0) is 19.1 Å². The lowest BCUT2D eigenvalue weighted by atomic mass is 9.92. The van der Waals surface area contributed by atoms with Gasteiger partial charge in [-0.15, -0.1) is 0 Å². The van der Waals surface area contributed by atoms with E-state index in [9.17, 15) is 23.2 Å². The highest BCUT2D eigenvalue weighted by molar-refractivity contribution is 6.05. The first-order valence-corrected chi connectivity index (χ1v) is 8.24. The van der Waals surface area contributed by atoms with Crippen molar-refractivity contribution in [3.05, 3.63) is 29.6 Å². The number of Topliss-reactive ketones (excluding diaryl/α,β-unsaturated/α-hetero) is 1. The Morgan fingerprint density at radius 2 is 1.81 bits per heavy atom. The molecule has 1 aromatic heterocycles. The molecule has 0 fully saturated rings. The fourth-order valence-corrected chi connectivity index (χ4v) is 2.05. The first kappa shape index (κ1) is 21.6. The number of aromatic nitrogens is 1. The lowest BCUT2D eigenvalue weighted by Gasteiger charge is -2.24. The molecular weight excluding hydrogens is 350 g/mol. The Bertz CT molecular complexity index is 669. The topological polar surface area (TPSA) is 109 Å². The molecule has 26 heavy (non-hydrogen) atoms. The molecule has 1 heterocycles. The largest absolute Gasteiger partial charge is 0.464 e. The number of carbonyl (C=O) groups is 3. The van der Waals surface area contributed by atoms with Crippen LogP contribution >= 0.6 is 0 Å². The summed E-state index contributed by atoms with van der Waals surface area (Å²) in [5.41, 5.74) is 3.22. The van der Waals surface area contributed by atoms with Crippen LogP contribution in [0.1, 0.15) is 49.9 Å². The number of esters is 2. The minimum absolute atomic E-state index is 0.0233. The van der Waals surface area contributed by atoms with E-state index >= 15 is 0 Å². The SMILES string of the molecule is CCCCOC(=O)C(N)(CCC(=O)c1ccc(F)nc1F)C(=O)OCC. The van der Waals surface area contributed by atoms with Crippen LogP contribution in [0, 0.1) is 11.9 Å². The Labute approximate surface area is 149 Å². The Morgan fingerprint density at radius 3 is 2.38 bits per heavy atom. The van der Waals surface area contributed by atoms with Gasteiger partial charge in [-0.25, -0.2) is 9.59 Å². The van der Waals surface area contributed by atoms with Gasteiger partial charge in [0, 0.05) is 6.42 Å². The van der Waals surface area contributed by atoms with Crippen molar-refractivity contribution in [2.45, 2.75) is 45.1 Å². The van der Waals surface area contributed by atoms with E-state index in [1.54, 1.807) is 0 Å². The maximum atomic E-state index is 13.6. The number of nitrogens with two attached hydrogens (primary N) is 1. The zero-order valence-corrected chi connectivity index (χ0v) is 14.7. The lowest BCUT2D eigenvalue weighted by molar-refractivity contribution is -0.164. The van der Waals surface area contributed by atoms with E-state index in [1.165, 1.54) is 6.92 Å². The second kappa shape index (κ2) is 9.91. The molecule has 1 rings (SSSR count). The monoisotopic (exact) mass is 372 g/mol. The van der Waals surface area contributed by atoms with Crippen LogP contribution in [0.2, 0.25) is 0 Å². The highest BCUT2D eigenvalue weighted by Gasteiger charge is 2.45. The number of ether oxygens (including phenoxy) is 2. The van der Waals surface area contributed by atoms with Crippen LogP contribution in [0.5, 0.6) is 0 Å². The Kier molecular flexibility index (Phi) is 8.24. The van der Waals surface area contributed by atoms with Crippen LogP contribution in [0.25, 0.3) is 0 Å². The summed E-state index contributed by atoms with van der Waals surface area (Å²) in [6.45, 7) is 3.47. The summed E-state index contributed by atoms with van der Waals surface area (Å²) in [5, 5.41) is 0. The summed E-state index contributed by atoms with van der Waals surface area (Å²) < 4.78 is 36.2. The molecule has 9 heteroatoms. The molecule has 1 atom stereocenters. The molecule has 1 aromatic rings. The molecule has 0 aromatic carbocycles. The van der Waals surface area contributed by atoms with Gasteiger partial charge in [0.1, 0.15) is 0 Å². The fraction of sp³-hybridized carbons (Fsp3) is 0.529. The molecule has 0 saturated heterocycles. The molecule has 0 bridgehead atoms. The summed E-state index contributed by atoms with van der Waals surface area (Å²) >= 11 is 0. The third-order valence-corrected chi connectivity index (χ3v) is 3.60. The van der Waals surface area contributed by atoms with Crippen molar-refractivity contribution in [3.8, 4) is 0 Å². The molecule has 0 spiro atoms. The van der Waals surface area contributed by atoms with Crippen LogP contribution in [0.3, 0.4) is 0 Å². The number of unbranched alkanes of at least 4 members (excludes halogenated alkanes) is 1. The maximum absolute atomic E-state index is 13.6. The zero-order chi connectivity index (χ0) is 19.7. The molecular formula is C17H22F2N2O5. The molecule has 0 saturated carbocycles. The van der Waals surface area contributed by atoms with Crippen LogP contribution in [0.4, 0.5) is 8.78 Å². The lowest BCUT2D eigenvalue weighted by Crippen LogP contribution is -2.57. The van der Waals surface area contributed by atoms with Crippen molar-refractivity contribution in [1.29, 1.82) is 0 Å². The van der Waals surface area contributed by atoms with Gasteiger partial charge in [0.15, 0.2) is 5.78 Å². The van der Waals surface area contributed by atoms with Crippen molar-refractivity contribution in [2.75, 3.05) is 13.2 Å². The number of rotatable bonds is 10. The van der Waals surface area contributed by atoms with Crippen LogP contribution in [0.15, 0.2) is 12.1 Å². The van der Waals surface area contributed by atoms with Crippen molar-refractivity contribution in [2.24, 2.45) is 5.73 Å². The predicted octanol–water partition coefficient (Wildman–Crippen LogP) is 1.93. The van der Waals surface area contributed by atoms with Crippen molar-refractivity contribution < 1.29 is 32.6 Å². The number of pyridine rings is 1. The second-order valence-corrected chi connectivity index (χ2v) is 5.58.